The molecule has 28 heavy (non-hydrogen) atoms. The largest absolute Gasteiger partial charge is 0.321 e. The highest BCUT2D eigenvalue weighted by Gasteiger charge is 2.43. The van der Waals surface area contributed by atoms with Gasteiger partial charge < -0.3 is 5.32 Å². The van der Waals surface area contributed by atoms with E-state index in [2.05, 4.69) is 5.32 Å². The zero-order valence-corrected chi connectivity index (χ0v) is 17.4. The molecule has 1 saturated heterocycles. The predicted octanol–water partition coefficient (Wildman–Crippen LogP) is 3.78. The summed E-state index contributed by atoms with van der Waals surface area (Å²) in [6.45, 7) is 5.45. The number of hydrogen-bond donors (Lipinski definition) is 1. The zero-order valence-electron chi connectivity index (χ0n) is 15.8. The van der Waals surface area contributed by atoms with Crippen LogP contribution in [0.3, 0.4) is 0 Å². The Labute approximate surface area is 169 Å². The first-order valence-corrected chi connectivity index (χ1v) is 10.9. The van der Waals surface area contributed by atoms with Gasteiger partial charge in [-0.3, -0.25) is 9.59 Å². The Morgan fingerprint density at radius 2 is 2.00 bits per heavy atom. The quantitative estimate of drug-likeness (QED) is 0.815. The van der Waals surface area contributed by atoms with E-state index in [1.54, 1.807) is 6.92 Å². The molecule has 1 unspecified atom stereocenters. The first-order chi connectivity index (χ1) is 13.2. The number of amides is 2. The SMILES string of the molecule is CCc1cccc(C)c1NC(=O)c1ccc(Cl)c(N2C(=O)C(C)CS2(=O)=O)c1. The van der Waals surface area contributed by atoms with Crippen molar-refractivity contribution in [1.82, 2.24) is 0 Å². The number of para-hydroxylation sites is 1. The van der Waals surface area contributed by atoms with Gasteiger partial charge in [0.1, 0.15) is 0 Å². The fraction of sp³-hybridized carbons (Fsp3) is 0.300. The van der Waals surface area contributed by atoms with Gasteiger partial charge in [0.2, 0.25) is 15.9 Å². The second-order valence-corrected chi connectivity index (χ2v) is 9.13. The number of nitrogens with one attached hydrogen (secondary N) is 1. The van der Waals surface area contributed by atoms with Gasteiger partial charge in [-0.25, -0.2) is 12.7 Å². The van der Waals surface area contributed by atoms with Crippen LogP contribution in [0, 0.1) is 12.8 Å². The lowest BCUT2D eigenvalue weighted by atomic mass is 10.1. The molecule has 2 amide bonds. The Bertz CT molecular complexity index is 1070. The third kappa shape index (κ3) is 3.64. The number of nitrogens with zero attached hydrogens (tertiary/aromatic N) is 1. The number of sulfonamides is 1. The van der Waals surface area contributed by atoms with E-state index in [-0.39, 0.29) is 22.0 Å². The number of rotatable bonds is 4. The standard InChI is InChI=1S/C20H21ClN2O4S/c1-4-14-7-5-6-12(2)18(14)22-19(24)15-8-9-16(21)17(10-15)23-20(25)13(3)11-28(23,26)27/h5-10,13H,4,11H2,1-3H3,(H,22,24). The van der Waals surface area contributed by atoms with E-state index in [9.17, 15) is 18.0 Å². The van der Waals surface area contributed by atoms with Crippen LogP contribution in [-0.4, -0.2) is 26.0 Å². The molecule has 0 bridgehead atoms. The second kappa shape index (κ2) is 7.56. The molecule has 2 aromatic carbocycles. The van der Waals surface area contributed by atoms with Crippen molar-refractivity contribution < 1.29 is 18.0 Å². The molecule has 0 radical (unpaired) electrons. The summed E-state index contributed by atoms with van der Waals surface area (Å²) in [5.74, 6) is -1.88. The van der Waals surface area contributed by atoms with Gasteiger partial charge in [-0.15, -0.1) is 0 Å². The minimum Gasteiger partial charge on any atom is -0.321 e. The van der Waals surface area contributed by atoms with Crippen LogP contribution in [0.25, 0.3) is 0 Å². The molecular weight excluding hydrogens is 400 g/mol. The molecule has 0 saturated carbocycles. The molecule has 8 heteroatoms. The molecule has 1 fully saturated rings. The molecule has 0 aliphatic carbocycles. The molecule has 1 N–H and O–H groups in total. The van der Waals surface area contributed by atoms with Crippen LogP contribution in [0.15, 0.2) is 36.4 Å². The summed E-state index contributed by atoms with van der Waals surface area (Å²) >= 11 is 6.16. The molecule has 1 aliphatic rings. The van der Waals surface area contributed by atoms with Gasteiger partial charge in [0.05, 0.1) is 22.4 Å². The zero-order chi connectivity index (χ0) is 20.6. The van der Waals surface area contributed by atoms with Gasteiger partial charge in [-0.2, -0.15) is 0 Å². The summed E-state index contributed by atoms with van der Waals surface area (Å²) in [5, 5.41) is 2.98. The number of benzene rings is 2. The molecular formula is C20H21ClN2O4S. The van der Waals surface area contributed by atoms with E-state index in [1.807, 2.05) is 32.0 Å². The van der Waals surface area contributed by atoms with Crippen molar-refractivity contribution in [2.75, 3.05) is 15.4 Å². The summed E-state index contributed by atoms with van der Waals surface area (Å²) in [6.07, 6.45) is 0.752. The highest BCUT2D eigenvalue weighted by Crippen LogP contribution is 2.34. The minimum absolute atomic E-state index is 0.00386. The summed E-state index contributed by atoms with van der Waals surface area (Å²) in [4.78, 5) is 25.2. The lowest BCUT2D eigenvalue weighted by molar-refractivity contribution is -0.119. The van der Waals surface area contributed by atoms with E-state index in [1.165, 1.54) is 18.2 Å². The van der Waals surface area contributed by atoms with Crippen molar-refractivity contribution in [1.29, 1.82) is 0 Å². The maximum atomic E-state index is 12.8. The van der Waals surface area contributed by atoms with Gasteiger partial charge in [-0.1, -0.05) is 43.6 Å². The Balaban J connectivity index is 1.99. The normalized spacial score (nSPS) is 18.4. The Morgan fingerprint density at radius 3 is 2.61 bits per heavy atom. The minimum atomic E-state index is -3.81. The molecule has 1 atom stereocenters. The van der Waals surface area contributed by atoms with Gasteiger partial charge in [0.15, 0.2) is 0 Å². The summed E-state index contributed by atoms with van der Waals surface area (Å²) in [6, 6.07) is 10.0. The van der Waals surface area contributed by atoms with Gasteiger partial charge in [0, 0.05) is 11.3 Å². The van der Waals surface area contributed by atoms with Gasteiger partial charge >= 0.3 is 0 Å². The van der Waals surface area contributed by atoms with Crippen LogP contribution in [0.2, 0.25) is 5.02 Å². The van der Waals surface area contributed by atoms with Crippen molar-refractivity contribution in [3.05, 3.63) is 58.1 Å². The molecule has 1 aliphatic heterocycles. The Kier molecular flexibility index (Phi) is 5.50. The molecule has 148 valence electrons. The summed E-state index contributed by atoms with van der Waals surface area (Å²) in [7, 11) is -3.81. The third-order valence-electron chi connectivity index (χ3n) is 4.77. The first-order valence-electron chi connectivity index (χ1n) is 8.92. The van der Waals surface area contributed by atoms with Gasteiger partial charge in [-0.05, 0) is 42.7 Å². The van der Waals surface area contributed by atoms with Crippen LogP contribution < -0.4 is 9.62 Å². The van der Waals surface area contributed by atoms with E-state index in [4.69, 9.17) is 11.6 Å². The highest BCUT2D eigenvalue weighted by atomic mass is 35.5. The molecule has 0 spiro atoms. The molecule has 0 aromatic heterocycles. The lowest BCUT2D eigenvalue weighted by Gasteiger charge is -2.18. The average molecular weight is 421 g/mol. The topological polar surface area (TPSA) is 83.6 Å². The maximum absolute atomic E-state index is 12.8. The van der Waals surface area contributed by atoms with Crippen molar-refractivity contribution >= 4 is 44.8 Å². The van der Waals surface area contributed by atoms with Crippen LogP contribution in [-0.2, 0) is 21.2 Å². The van der Waals surface area contributed by atoms with Crippen molar-refractivity contribution in [2.45, 2.75) is 27.2 Å². The number of halogens is 1. The predicted molar refractivity (Wildman–Crippen MR) is 110 cm³/mol. The number of hydrogen-bond acceptors (Lipinski definition) is 4. The van der Waals surface area contributed by atoms with E-state index in [0.29, 0.717) is 4.31 Å². The molecule has 3 rings (SSSR count). The lowest BCUT2D eigenvalue weighted by Crippen LogP contribution is -2.30. The monoisotopic (exact) mass is 420 g/mol. The van der Waals surface area contributed by atoms with Crippen LogP contribution >= 0.6 is 11.6 Å². The Hall–Kier alpha value is -2.38. The Morgan fingerprint density at radius 1 is 1.29 bits per heavy atom. The third-order valence-corrected chi connectivity index (χ3v) is 6.94. The summed E-state index contributed by atoms with van der Waals surface area (Å²) in [5.41, 5.74) is 2.86. The first kappa shape index (κ1) is 20.4. The van der Waals surface area contributed by atoms with Crippen molar-refractivity contribution in [3.63, 3.8) is 0 Å². The second-order valence-electron chi connectivity index (χ2n) is 6.87. The van der Waals surface area contributed by atoms with E-state index < -0.39 is 27.8 Å². The van der Waals surface area contributed by atoms with Crippen molar-refractivity contribution in [2.24, 2.45) is 5.92 Å². The van der Waals surface area contributed by atoms with Crippen molar-refractivity contribution in [3.8, 4) is 0 Å². The highest BCUT2D eigenvalue weighted by molar-refractivity contribution is 7.94. The fourth-order valence-corrected chi connectivity index (χ4v) is 5.35. The van der Waals surface area contributed by atoms with Crippen LogP contribution in [0.4, 0.5) is 11.4 Å². The fourth-order valence-electron chi connectivity index (χ4n) is 3.26. The summed E-state index contributed by atoms with van der Waals surface area (Å²) < 4.78 is 25.5. The number of aryl methyl sites for hydroxylation is 2. The molecule has 2 aromatic rings. The number of anilines is 2. The van der Waals surface area contributed by atoms with Gasteiger partial charge in [0.25, 0.3) is 5.91 Å². The van der Waals surface area contributed by atoms with E-state index in [0.717, 1.165) is 23.2 Å². The number of carbonyl (C=O) groups is 2. The van der Waals surface area contributed by atoms with E-state index >= 15 is 0 Å². The average Bonchev–Trinajstić information content (AvgIpc) is 2.84. The van der Waals surface area contributed by atoms with Crippen LogP contribution in [0.1, 0.15) is 35.3 Å². The van der Waals surface area contributed by atoms with Crippen LogP contribution in [0.5, 0.6) is 0 Å². The molecule has 6 nitrogen and oxygen atoms in total. The maximum Gasteiger partial charge on any atom is 0.255 e. The smallest absolute Gasteiger partial charge is 0.255 e. The number of carbonyl (C=O) groups excluding carboxylic acids is 2. The molecule has 1 heterocycles.